The van der Waals surface area contributed by atoms with E-state index >= 15 is 0 Å². The second-order valence-corrected chi connectivity index (χ2v) is 12.3. The number of imidazole rings is 1. The molecule has 0 amide bonds. The van der Waals surface area contributed by atoms with Gasteiger partial charge in [0.2, 0.25) is 0 Å². The summed E-state index contributed by atoms with van der Waals surface area (Å²) in [6, 6.07) is 0. The maximum atomic E-state index is 2.59. The smallest absolute Gasteiger partial charge is 0.234 e. The number of nitrogens with zero attached hydrogens (tertiary/aromatic N) is 2. The first-order chi connectivity index (χ1) is 18.8. The van der Waals surface area contributed by atoms with Crippen molar-refractivity contribution in [2.24, 2.45) is 0 Å². The first kappa shape index (κ1) is 35.2. The van der Waals surface area contributed by atoms with Crippen molar-refractivity contribution in [3.63, 3.8) is 0 Å². The van der Waals surface area contributed by atoms with E-state index in [1.807, 2.05) is 0 Å². The van der Waals surface area contributed by atoms with Gasteiger partial charge in [0.05, 0.1) is 13.1 Å². The highest BCUT2D eigenvalue weighted by atomic mass is 15.1. The zero-order chi connectivity index (χ0) is 27.4. The monoisotopic (exact) mass is 532 g/mol. The van der Waals surface area contributed by atoms with E-state index in [1.54, 1.807) is 5.82 Å². The molecule has 1 heterocycles. The Labute approximate surface area is 240 Å². The third kappa shape index (κ3) is 20.2. The summed E-state index contributed by atoms with van der Waals surface area (Å²) in [7, 11) is 0. The molecule has 1 aromatic heterocycles. The van der Waals surface area contributed by atoms with Gasteiger partial charge in [-0.05, 0) is 25.7 Å². The predicted molar refractivity (Wildman–Crippen MR) is 170 cm³/mol. The molecule has 38 heavy (non-hydrogen) atoms. The number of unbranched alkanes of at least 4 members (excludes halogenated alkanes) is 24. The van der Waals surface area contributed by atoms with Crippen molar-refractivity contribution in [1.82, 2.24) is 4.57 Å². The second kappa shape index (κ2) is 27.8. The third-order valence-corrected chi connectivity index (χ3v) is 8.56. The molecular formula is C36H71N2+. The van der Waals surface area contributed by atoms with Gasteiger partial charge in [-0.1, -0.05) is 168 Å². The maximum Gasteiger partial charge on any atom is 0.256 e. The van der Waals surface area contributed by atoms with Crippen LogP contribution >= 0.6 is 0 Å². The van der Waals surface area contributed by atoms with Crippen molar-refractivity contribution in [1.29, 1.82) is 0 Å². The Balaban J connectivity index is 2.04. The van der Waals surface area contributed by atoms with E-state index in [0.29, 0.717) is 0 Å². The SMILES string of the molecule is CCCCCCCCCCCCCCCCCCc1n(CCC)cc[n+]1CCCCCCCCCCCC. The Morgan fingerprint density at radius 2 is 0.816 bits per heavy atom. The van der Waals surface area contributed by atoms with Gasteiger partial charge in [0.1, 0.15) is 12.4 Å². The topological polar surface area (TPSA) is 8.81 Å². The Hall–Kier alpha value is -0.790. The molecule has 0 aromatic carbocycles. The average molecular weight is 532 g/mol. The fourth-order valence-electron chi connectivity index (χ4n) is 6.03. The average Bonchev–Trinajstić information content (AvgIpc) is 3.30. The first-order valence-corrected chi connectivity index (χ1v) is 17.9. The van der Waals surface area contributed by atoms with E-state index in [0.717, 1.165) is 0 Å². The maximum absolute atomic E-state index is 2.59. The molecular weight excluding hydrogens is 460 g/mol. The number of hydrogen-bond acceptors (Lipinski definition) is 0. The summed E-state index contributed by atoms with van der Waals surface area (Å²) in [5.74, 6) is 1.59. The van der Waals surface area contributed by atoms with Crippen LogP contribution in [0.1, 0.15) is 200 Å². The quantitative estimate of drug-likeness (QED) is 0.0689. The van der Waals surface area contributed by atoms with Crippen molar-refractivity contribution < 1.29 is 4.57 Å². The van der Waals surface area contributed by atoms with E-state index in [-0.39, 0.29) is 0 Å². The Morgan fingerprint density at radius 3 is 1.21 bits per heavy atom. The summed E-state index contributed by atoms with van der Waals surface area (Å²) < 4.78 is 5.13. The molecule has 0 aliphatic heterocycles. The molecule has 0 fully saturated rings. The van der Waals surface area contributed by atoms with Crippen LogP contribution in [0, 0.1) is 0 Å². The summed E-state index contributed by atoms with van der Waals surface area (Å²) in [5, 5.41) is 0. The lowest BCUT2D eigenvalue weighted by Crippen LogP contribution is -2.37. The van der Waals surface area contributed by atoms with Crippen molar-refractivity contribution in [3.05, 3.63) is 18.2 Å². The van der Waals surface area contributed by atoms with Crippen LogP contribution in [0.25, 0.3) is 0 Å². The van der Waals surface area contributed by atoms with Crippen molar-refractivity contribution >= 4 is 0 Å². The van der Waals surface area contributed by atoms with Crippen molar-refractivity contribution in [2.45, 2.75) is 214 Å². The molecule has 0 saturated carbocycles. The fourth-order valence-corrected chi connectivity index (χ4v) is 6.03. The molecule has 0 atom stereocenters. The zero-order valence-corrected chi connectivity index (χ0v) is 26.8. The van der Waals surface area contributed by atoms with Gasteiger partial charge in [-0.15, -0.1) is 0 Å². The summed E-state index contributed by atoms with van der Waals surface area (Å²) >= 11 is 0. The van der Waals surface area contributed by atoms with Gasteiger partial charge in [-0.3, -0.25) is 0 Å². The molecule has 0 unspecified atom stereocenters. The van der Waals surface area contributed by atoms with E-state index in [9.17, 15) is 0 Å². The Bertz CT molecular complexity index is 590. The molecule has 0 spiro atoms. The van der Waals surface area contributed by atoms with Crippen LogP contribution in [-0.2, 0) is 19.5 Å². The lowest BCUT2D eigenvalue weighted by Gasteiger charge is -2.06. The van der Waals surface area contributed by atoms with E-state index in [4.69, 9.17) is 0 Å². The van der Waals surface area contributed by atoms with Crippen LogP contribution in [0.4, 0.5) is 0 Å². The molecule has 1 aromatic rings. The molecule has 0 saturated heterocycles. The number of aromatic nitrogens is 2. The van der Waals surface area contributed by atoms with Crippen LogP contribution < -0.4 is 4.57 Å². The van der Waals surface area contributed by atoms with Crippen LogP contribution in [0.15, 0.2) is 12.4 Å². The van der Waals surface area contributed by atoms with Gasteiger partial charge < -0.3 is 0 Å². The molecule has 224 valence electrons. The largest absolute Gasteiger partial charge is 0.256 e. The normalized spacial score (nSPS) is 11.6. The lowest BCUT2D eigenvalue weighted by molar-refractivity contribution is -0.704. The molecule has 1 rings (SSSR count). The highest BCUT2D eigenvalue weighted by Gasteiger charge is 2.15. The molecule has 2 heteroatoms. The summed E-state index contributed by atoms with van der Waals surface area (Å²) in [5.41, 5.74) is 0. The lowest BCUT2D eigenvalue weighted by atomic mass is 10.0. The van der Waals surface area contributed by atoms with Gasteiger partial charge in [0.15, 0.2) is 0 Å². The zero-order valence-electron chi connectivity index (χ0n) is 26.8. The van der Waals surface area contributed by atoms with E-state index in [1.165, 1.54) is 193 Å². The summed E-state index contributed by atoms with van der Waals surface area (Å²) in [6.45, 7) is 9.33. The fraction of sp³-hybridized carbons (Fsp3) is 0.917. The molecule has 0 aliphatic rings. The van der Waals surface area contributed by atoms with Crippen LogP contribution in [0.5, 0.6) is 0 Å². The standard InChI is InChI=1S/C36H71N2/c1-4-7-9-11-13-15-17-18-19-20-21-22-23-25-27-29-31-36-37(32-6-3)34-35-38(36)33-30-28-26-24-16-14-12-10-8-5-2/h34-35H,4-33H2,1-3H3/q+1. The molecule has 0 bridgehead atoms. The van der Waals surface area contributed by atoms with E-state index < -0.39 is 0 Å². The first-order valence-electron chi connectivity index (χ1n) is 17.9. The second-order valence-electron chi connectivity index (χ2n) is 12.3. The molecule has 0 radical (unpaired) electrons. The van der Waals surface area contributed by atoms with Crippen LogP contribution in [-0.4, -0.2) is 4.57 Å². The summed E-state index contributed by atoms with van der Waals surface area (Å²) in [6.07, 6.45) is 44.6. The van der Waals surface area contributed by atoms with Gasteiger partial charge in [-0.2, -0.15) is 0 Å². The van der Waals surface area contributed by atoms with Crippen LogP contribution in [0.3, 0.4) is 0 Å². The minimum absolute atomic E-state index is 1.18. The van der Waals surface area contributed by atoms with Gasteiger partial charge in [0.25, 0.3) is 5.82 Å². The van der Waals surface area contributed by atoms with E-state index in [2.05, 4.69) is 42.3 Å². The summed E-state index contributed by atoms with van der Waals surface area (Å²) in [4.78, 5) is 0. The van der Waals surface area contributed by atoms with Crippen molar-refractivity contribution in [3.8, 4) is 0 Å². The Morgan fingerprint density at radius 1 is 0.447 bits per heavy atom. The number of aryl methyl sites for hydroxylation is 2. The highest BCUT2D eigenvalue weighted by molar-refractivity contribution is 4.84. The van der Waals surface area contributed by atoms with Gasteiger partial charge in [-0.25, -0.2) is 9.13 Å². The molecule has 0 aliphatic carbocycles. The van der Waals surface area contributed by atoms with Crippen LogP contribution in [0.2, 0.25) is 0 Å². The van der Waals surface area contributed by atoms with Gasteiger partial charge in [0, 0.05) is 6.42 Å². The molecule has 0 N–H and O–H groups in total. The minimum Gasteiger partial charge on any atom is -0.234 e. The number of hydrogen-bond donors (Lipinski definition) is 0. The predicted octanol–water partition coefficient (Wildman–Crippen LogP) is 11.9. The Kier molecular flexibility index (Phi) is 25.7. The highest BCUT2D eigenvalue weighted by Crippen LogP contribution is 2.15. The van der Waals surface area contributed by atoms with Crippen molar-refractivity contribution in [2.75, 3.05) is 0 Å². The van der Waals surface area contributed by atoms with Gasteiger partial charge >= 0.3 is 0 Å². The molecule has 2 nitrogen and oxygen atoms in total. The minimum atomic E-state index is 1.18. The third-order valence-electron chi connectivity index (χ3n) is 8.56. The number of rotatable bonds is 30.